The zero-order valence-corrected chi connectivity index (χ0v) is 10.6. The third-order valence-corrected chi connectivity index (χ3v) is 3.43. The van der Waals surface area contributed by atoms with E-state index >= 15 is 0 Å². The zero-order valence-electron chi connectivity index (χ0n) is 9.82. The Morgan fingerprint density at radius 3 is 3.12 bits per heavy atom. The fourth-order valence-electron chi connectivity index (χ4n) is 2.12. The summed E-state index contributed by atoms with van der Waals surface area (Å²) in [5, 5.41) is 16.1. The normalized spacial score (nSPS) is 21.4. The summed E-state index contributed by atoms with van der Waals surface area (Å²) in [7, 11) is 0. The molecule has 2 rings (SSSR count). The second-order valence-electron chi connectivity index (χ2n) is 4.46. The molecular weight excluding hydrogens is 236 g/mol. The molecule has 2 unspecified atom stereocenters. The molecule has 1 saturated heterocycles. The molecule has 1 fully saturated rings. The quantitative estimate of drug-likeness (QED) is 0.706. The van der Waals surface area contributed by atoms with E-state index in [-0.39, 0.29) is 5.88 Å². The molecule has 0 bridgehead atoms. The predicted octanol–water partition coefficient (Wildman–Crippen LogP) is 2.12. The van der Waals surface area contributed by atoms with Crippen LogP contribution in [0.1, 0.15) is 24.4 Å². The lowest BCUT2D eigenvalue weighted by molar-refractivity contribution is 0.211. The van der Waals surface area contributed by atoms with Gasteiger partial charge < -0.3 is 15.7 Å². The maximum atomic E-state index is 9.39. The van der Waals surface area contributed by atoms with E-state index in [2.05, 4.69) is 22.8 Å². The lowest BCUT2D eigenvalue weighted by Crippen LogP contribution is -2.21. The first-order chi connectivity index (χ1) is 8.29. The van der Waals surface area contributed by atoms with Crippen molar-refractivity contribution >= 4 is 17.3 Å². The Hall–Kier alpha value is -0.770. The van der Waals surface area contributed by atoms with Crippen LogP contribution in [0.3, 0.4) is 0 Å². The molecule has 0 radical (unpaired) electrons. The van der Waals surface area contributed by atoms with Crippen molar-refractivity contribution in [2.45, 2.75) is 25.0 Å². The van der Waals surface area contributed by atoms with E-state index in [0.717, 1.165) is 12.2 Å². The number of aliphatic hydroxyl groups is 1. The van der Waals surface area contributed by atoms with Crippen molar-refractivity contribution < 1.29 is 5.11 Å². The highest BCUT2D eigenvalue weighted by atomic mass is 35.5. The van der Waals surface area contributed by atoms with Crippen LogP contribution in [0.2, 0.25) is 0 Å². The van der Waals surface area contributed by atoms with Crippen LogP contribution in [0.15, 0.2) is 24.3 Å². The summed E-state index contributed by atoms with van der Waals surface area (Å²) in [6.45, 7) is 1.60. The molecule has 3 N–H and O–H groups in total. The molecular formula is C13H19ClN2O. The molecule has 0 spiro atoms. The van der Waals surface area contributed by atoms with Gasteiger partial charge >= 0.3 is 0 Å². The minimum atomic E-state index is -0.495. The standard InChI is InChI=1S/C13H19ClN2O/c14-8-12(17)9-16-11-4-1-3-10(7-11)13-5-2-6-15-13/h1,3-4,7,12-13,15-17H,2,5-6,8-9H2. The first-order valence-corrected chi connectivity index (χ1v) is 6.64. The Balaban J connectivity index is 1.96. The molecule has 1 aliphatic heterocycles. The summed E-state index contributed by atoms with van der Waals surface area (Å²) in [5.74, 6) is 0.261. The van der Waals surface area contributed by atoms with Crippen LogP contribution in [0.4, 0.5) is 5.69 Å². The van der Waals surface area contributed by atoms with E-state index < -0.39 is 6.10 Å². The molecule has 17 heavy (non-hydrogen) atoms. The molecule has 1 aromatic rings. The average Bonchev–Trinajstić information content (AvgIpc) is 2.90. The van der Waals surface area contributed by atoms with Crippen molar-refractivity contribution in [3.05, 3.63) is 29.8 Å². The summed E-state index contributed by atoms with van der Waals surface area (Å²) >= 11 is 5.55. The van der Waals surface area contributed by atoms with Gasteiger partial charge in [-0.15, -0.1) is 11.6 Å². The van der Waals surface area contributed by atoms with E-state index in [0.29, 0.717) is 12.6 Å². The number of hydrogen-bond acceptors (Lipinski definition) is 3. The largest absolute Gasteiger partial charge is 0.390 e. The monoisotopic (exact) mass is 254 g/mol. The highest BCUT2D eigenvalue weighted by molar-refractivity contribution is 6.18. The minimum absolute atomic E-state index is 0.261. The summed E-state index contributed by atoms with van der Waals surface area (Å²) in [6, 6.07) is 8.83. The van der Waals surface area contributed by atoms with Gasteiger partial charge in [-0.05, 0) is 37.1 Å². The van der Waals surface area contributed by atoms with Gasteiger partial charge in [0, 0.05) is 18.3 Å². The van der Waals surface area contributed by atoms with E-state index in [1.54, 1.807) is 0 Å². The summed E-state index contributed by atoms with van der Waals surface area (Å²) in [6.07, 6.45) is 1.95. The van der Waals surface area contributed by atoms with Gasteiger partial charge in [0.2, 0.25) is 0 Å². The number of nitrogens with one attached hydrogen (secondary N) is 2. The van der Waals surface area contributed by atoms with E-state index in [1.807, 2.05) is 12.1 Å². The number of aliphatic hydroxyl groups excluding tert-OH is 1. The maximum Gasteiger partial charge on any atom is 0.0847 e. The summed E-state index contributed by atoms with van der Waals surface area (Å²) < 4.78 is 0. The summed E-state index contributed by atoms with van der Waals surface area (Å²) in [4.78, 5) is 0. The molecule has 4 heteroatoms. The number of benzene rings is 1. The van der Waals surface area contributed by atoms with Crippen LogP contribution in [0, 0.1) is 0 Å². The van der Waals surface area contributed by atoms with Gasteiger partial charge in [-0.2, -0.15) is 0 Å². The third-order valence-electron chi connectivity index (χ3n) is 3.07. The molecule has 0 amide bonds. The van der Waals surface area contributed by atoms with Crippen LogP contribution in [-0.4, -0.2) is 30.2 Å². The van der Waals surface area contributed by atoms with Gasteiger partial charge in [0.05, 0.1) is 12.0 Å². The van der Waals surface area contributed by atoms with Gasteiger partial charge in [0.1, 0.15) is 0 Å². The van der Waals surface area contributed by atoms with E-state index in [4.69, 9.17) is 11.6 Å². The Kier molecular flexibility index (Phi) is 4.66. The number of anilines is 1. The van der Waals surface area contributed by atoms with Crippen molar-refractivity contribution in [2.75, 3.05) is 24.3 Å². The summed E-state index contributed by atoms with van der Waals surface area (Å²) in [5.41, 5.74) is 2.35. The van der Waals surface area contributed by atoms with Gasteiger partial charge in [-0.3, -0.25) is 0 Å². The second-order valence-corrected chi connectivity index (χ2v) is 4.77. The molecule has 1 aliphatic rings. The van der Waals surface area contributed by atoms with Crippen LogP contribution >= 0.6 is 11.6 Å². The minimum Gasteiger partial charge on any atom is -0.390 e. The Labute approximate surface area is 107 Å². The molecule has 94 valence electrons. The van der Waals surface area contributed by atoms with Crippen LogP contribution in [0.25, 0.3) is 0 Å². The highest BCUT2D eigenvalue weighted by Gasteiger charge is 2.15. The number of halogens is 1. The molecule has 0 saturated carbocycles. The van der Waals surface area contributed by atoms with Gasteiger partial charge in [0.25, 0.3) is 0 Å². The van der Waals surface area contributed by atoms with Gasteiger partial charge in [-0.25, -0.2) is 0 Å². The van der Waals surface area contributed by atoms with Crippen LogP contribution < -0.4 is 10.6 Å². The van der Waals surface area contributed by atoms with Crippen LogP contribution in [-0.2, 0) is 0 Å². The third kappa shape index (κ3) is 3.60. The van der Waals surface area contributed by atoms with Crippen molar-refractivity contribution in [1.29, 1.82) is 0 Å². The maximum absolute atomic E-state index is 9.39. The number of alkyl halides is 1. The van der Waals surface area contributed by atoms with Crippen molar-refractivity contribution in [2.24, 2.45) is 0 Å². The molecule has 0 aromatic heterocycles. The lowest BCUT2D eigenvalue weighted by Gasteiger charge is -2.14. The second kappa shape index (κ2) is 6.24. The molecule has 1 aromatic carbocycles. The van der Waals surface area contributed by atoms with Crippen molar-refractivity contribution in [1.82, 2.24) is 5.32 Å². The van der Waals surface area contributed by atoms with Gasteiger partial charge in [-0.1, -0.05) is 12.1 Å². The Morgan fingerprint density at radius 2 is 2.41 bits per heavy atom. The first-order valence-electron chi connectivity index (χ1n) is 6.11. The molecule has 3 nitrogen and oxygen atoms in total. The topological polar surface area (TPSA) is 44.3 Å². The first kappa shape index (κ1) is 12.7. The fourth-order valence-corrected chi connectivity index (χ4v) is 2.23. The smallest absolute Gasteiger partial charge is 0.0847 e. The van der Waals surface area contributed by atoms with Crippen molar-refractivity contribution in [3.8, 4) is 0 Å². The molecule has 1 heterocycles. The number of rotatable bonds is 5. The van der Waals surface area contributed by atoms with Crippen LogP contribution in [0.5, 0.6) is 0 Å². The van der Waals surface area contributed by atoms with E-state index in [9.17, 15) is 5.11 Å². The molecule has 2 atom stereocenters. The zero-order chi connectivity index (χ0) is 12.1. The van der Waals surface area contributed by atoms with Gasteiger partial charge in [0.15, 0.2) is 0 Å². The number of hydrogen-bond donors (Lipinski definition) is 3. The Bertz CT molecular complexity index is 353. The SMILES string of the molecule is OC(CCl)CNc1cccc(C2CCCN2)c1. The predicted molar refractivity (Wildman–Crippen MR) is 71.6 cm³/mol. The lowest BCUT2D eigenvalue weighted by atomic mass is 10.0. The van der Waals surface area contributed by atoms with E-state index in [1.165, 1.54) is 18.4 Å². The fraction of sp³-hybridized carbons (Fsp3) is 0.538. The molecule has 0 aliphatic carbocycles. The Morgan fingerprint density at radius 1 is 1.53 bits per heavy atom. The van der Waals surface area contributed by atoms with Crippen molar-refractivity contribution in [3.63, 3.8) is 0 Å². The highest BCUT2D eigenvalue weighted by Crippen LogP contribution is 2.24. The average molecular weight is 255 g/mol.